The van der Waals surface area contributed by atoms with E-state index in [9.17, 15) is 9.59 Å². The number of carbonyl (C=O) groups excluding carboxylic acids is 1. The second kappa shape index (κ2) is 8.05. The third-order valence-electron chi connectivity index (χ3n) is 4.40. The number of rotatable bonds is 5. The first kappa shape index (κ1) is 18.7. The normalized spacial score (nSPS) is 17.7. The van der Waals surface area contributed by atoms with Gasteiger partial charge >= 0.3 is 0 Å². The SMILES string of the molecule is N=C/C(=C\N)c1ccc(/C(=C/[C@H]2CCC(=O)N2)c2ccc(Cl)cc2)[nH]c1=O. The van der Waals surface area contributed by atoms with Crippen molar-refractivity contribution in [3.63, 3.8) is 0 Å². The van der Waals surface area contributed by atoms with E-state index in [-0.39, 0.29) is 17.5 Å². The molecule has 3 rings (SSSR count). The zero-order valence-corrected chi connectivity index (χ0v) is 15.2. The maximum absolute atomic E-state index is 12.5. The van der Waals surface area contributed by atoms with Crippen LogP contribution in [0.15, 0.2) is 53.5 Å². The number of allylic oxidation sites excluding steroid dienone is 1. The fraction of sp³-hybridized carbons (Fsp3) is 0.150. The summed E-state index contributed by atoms with van der Waals surface area (Å²) in [6, 6.07) is 10.6. The fourth-order valence-corrected chi connectivity index (χ4v) is 3.13. The maximum atomic E-state index is 12.5. The van der Waals surface area contributed by atoms with Crippen LogP contribution in [0.4, 0.5) is 0 Å². The molecule has 0 bridgehead atoms. The number of carbonyl (C=O) groups is 1. The molecule has 0 radical (unpaired) electrons. The molecule has 1 saturated heterocycles. The van der Waals surface area contributed by atoms with E-state index >= 15 is 0 Å². The van der Waals surface area contributed by atoms with E-state index in [0.717, 1.165) is 17.4 Å². The summed E-state index contributed by atoms with van der Waals surface area (Å²) in [6.07, 6.45) is 5.38. The van der Waals surface area contributed by atoms with Crippen molar-refractivity contribution in [2.75, 3.05) is 0 Å². The Morgan fingerprint density at radius 1 is 1.19 bits per heavy atom. The lowest BCUT2D eigenvalue weighted by molar-refractivity contribution is -0.119. The first-order valence-corrected chi connectivity index (χ1v) is 8.83. The molecule has 1 aliphatic heterocycles. The van der Waals surface area contributed by atoms with Crippen LogP contribution in [-0.2, 0) is 4.79 Å². The summed E-state index contributed by atoms with van der Waals surface area (Å²) < 4.78 is 0. The molecule has 138 valence electrons. The number of hydrogen-bond donors (Lipinski definition) is 4. The van der Waals surface area contributed by atoms with Gasteiger partial charge in [0.05, 0.1) is 0 Å². The zero-order valence-electron chi connectivity index (χ0n) is 14.5. The third kappa shape index (κ3) is 4.17. The van der Waals surface area contributed by atoms with Crippen LogP contribution in [-0.4, -0.2) is 23.1 Å². The molecule has 0 saturated carbocycles. The Bertz CT molecular complexity index is 990. The summed E-state index contributed by atoms with van der Waals surface area (Å²) in [5.74, 6) is 0.0132. The fourth-order valence-electron chi connectivity index (χ4n) is 3.01. The Morgan fingerprint density at radius 3 is 2.48 bits per heavy atom. The average Bonchev–Trinajstić information content (AvgIpc) is 3.08. The van der Waals surface area contributed by atoms with Gasteiger partial charge in [-0.2, -0.15) is 0 Å². The van der Waals surface area contributed by atoms with E-state index in [0.29, 0.717) is 34.7 Å². The molecule has 1 amide bonds. The van der Waals surface area contributed by atoms with Crippen LogP contribution in [0.1, 0.15) is 29.7 Å². The Balaban J connectivity index is 2.08. The monoisotopic (exact) mass is 382 g/mol. The number of amides is 1. The Labute approximate surface area is 161 Å². The summed E-state index contributed by atoms with van der Waals surface area (Å²) in [5, 5.41) is 10.9. The molecule has 2 heterocycles. The highest BCUT2D eigenvalue weighted by atomic mass is 35.5. The van der Waals surface area contributed by atoms with Crippen molar-refractivity contribution >= 4 is 34.9 Å². The minimum Gasteiger partial charge on any atom is -0.404 e. The van der Waals surface area contributed by atoms with Crippen LogP contribution in [0.2, 0.25) is 5.02 Å². The standard InChI is InChI=1S/C20H19ClN4O2/c21-14-3-1-12(2-4-14)17(9-15-5-8-19(26)24-15)18-7-6-16(20(27)25-18)13(10-22)11-23/h1-4,6-7,9-11,15,22H,5,8,23H2,(H,24,26)(H,25,27)/b13-11+,17-9+,22-10?/t15-/m1/s1. The predicted octanol–water partition coefficient (Wildman–Crippen LogP) is 2.69. The van der Waals surface area contributed by atoms with Crippen molar-refractivity contribution in [2.24, 2.45) is 5.73 Å². The van der Waals surface area contributed by atoms with E-state index < -0.39 is 0 Å². The topological polar surface area (TPSA) is 112 Å². The van der Waals surface area contributed by atoms with Crippen molar-refractivity contribution in [2.45, 2.75) is 18.9 Å². The number of aromatic amines is 1. The summed E-state index contributed by atoms with van der Waals surface area (Å²) in [4.78, 5) is 26.9. The number of benzene rings is 1. The van der Waals surface area contributed by atoms with E-state index in [1.165, 1.54) is 6.20 Å². The molecule has 1 fully saturated rings. The van der Waals surface area contributed by atoms with Gasteiger partial charge in [0.2, 0.25) is 5.91 Å². The molecular weight excluding hydrogens is 364 g/mol. The third-order valence-corrected chi connectivity index (χ3v) is 4.65. The van der Waals surface area contributed by atoms with Gasteiger partial charge in [-0.15, -0.1) is 0 Å². The lowest BCUT2D eigenvalue weighted by Gasteiger charge is -2.13. The minimum atomic E-state index is -0.344. The largest absolute Gasteiger partial charge is 0.404 e. The molecule has 6 nitrogen and oxygen atoms in total. The van der Waals surface area contributed by atoms with Crippen LogP contribution in [0.5, 0.6) is 0 Å². The molecule has 7 heteroatoms. The van der Waals surface area contributed by atoms with Gasteiger partial charge in [0, 0.05) is 52.3 Å². The molecule has 1 atom stereocenters. The Hall–Kier alpha value is -3.12. The van der Waals surface area contributed by atoms with Gasteiger partial charge in [0.25, 0.3) is 5.56 Å². The molecule has 5 N–H and O–H groups in total. The number of hydrogen-bond acceptors (Lipinski definition) is 4. The van der Waals surface area contributed by atoms with E-state index in [2.05, 4.69) is 10.3 Å². The van der Waals surface area contributed by atoms with Gasteiger partial charge in [-0.05, 0) is 36.2 Å². The number of H-pyrrole nitrogens is 1. The van der Waals surface area contributed by atoms with E-state index in [4.69, 9.17) is 22.7 Å². The molecular formula is C20H19ClN4O2. The second-order valence-electron chi connectivity index (χ2n) is 6.18. The smallest absolute Gasteiger partial charge is 0.256 e. The summed E-state index contributed by atoms with van der Waals surface area (Å²) in [7, 11) is 0. The van der Waals surface area contributed by atoms with Crippen molar-refractivity contribution in [3.05, 3.63) is 80.9 Å². The van der Waals surface area contributed by atoms with Gasteiger partial charge < -0.3 is 21.4 Å². The second-order valence-corrected chi connectivity index (χ2v) is 6.62. The molecule has 0 unspecified atom stereocenters. The van der Waals surface area contributed by atoms with Crippen LogP contribution >= 0.6 is 11.6 Å². The molecule has 1 aromatic carbocycles. The van der Waals surface area contributed by atoms with Crippen molar-refractivity contribution in [3.8, 4) is 0 Å². The molecule has 0 aliphatic carbocycles. The number of pyridine rings is 1. The van der Waals surface area contributed by atoms with Crippen LogP contribution in [0.3, 0.4) is 0 Å². The average molecular weight is 383 g/mol. The van der Waals surface area contributed by atoms with Gasteiger partial charge in [-0.3, -0.25) is 9.59 Å². The van der Waals surface area contributed by atoms with Gasteiger partial charge in [-0.1, -0.05) is 29.8 Å². The van der Waals surface area contributed by atoms with Crippen molar-refractivity contribution in [1.29, 1.82) is 5.41 Å². The van der Waals surface area contributed by atoms with Crippen LogP contribution in [0, 0.1) is 5.41 Å². The van der Waals surface area contributed by atoms with Crippen LogP contribution < -0.4 is 16.6 Å². The van der Waals surface area contributed by atoms with Gasteiger partial charge in [0.15, 0.2) is 0 Å². The summed E-state index contributed by atoms with van der Waals surface area (Å²) in [5.41, 5.74) is 8.05. The number of halogens is 1. The highest BCUT2D eigenvalue weighted by molar-refractivity contribution is 6.30. The number of nitrogens with two attached hydrogens (primary N) is 1. The number of aromatic nitrogens is 1. The van der Waals surface area contributed by atoms with E-state index in [1.807, 2.05) is 18.2 Å². The Morgan fingerprint density at radius 2 is 1.93 bits per heavy atom. The molecule has 27 heavy (non-hydrogen) atoms. The van der Waals surface area contributed by atoms with Crippen LogP contribution in [0.25, 0.3) is 11.1 Å². The predicted molar refractivity (Wildman–Crippen MR) is 108 cm³/mol. The molecule has 0 spiro atoms. The van der Waals surface area contributed by atoms with Gasteiger partial charge in [-0.25, -0.2) is 0 Å². The lowest BCUT2D eigenvalue weighted by Crippen LogP contribution is -2.23. The molecule has 1 aliphatic rings. The van der Waals surface area contributed by atoms with E-state index in [1.54, 1.807) is 24.3 Å². The summed E-state index contributed by atoms with van der Waals surface area (Å²) in [6.45, 7) is 0. The quantitative estimate of drug-likeness (QED) is 0.596. The number of nitrogens with one attached hydrogen (secondary N) is 3. The van der Waals surface area contributed by atoms with Crippen molar-refractivity contribution < 1.29 is 4.79 Å². The summed E-state index contributed by atoms with van der Waals surface area (Å²) >= 11 is 5.99. The van der Waals surface area contributed by atoms with Gasteiger partial charge in [0.1, 0.15) is 0 Å². The van der Waals surface area contributed by atoms with Crippen molar-refractivity contribution in [1.82, 2.24) is 10.3 Å². The maximum Gasteiger partial charge on any atom is 0.256 e. The molecule has 2 aromatic rings. The molecule has 1 aromatic heterocycles. The highest BCUT2D eigenvalue weighted by Crippen LogP contribution is 2.25. The highest BCUT2D eigenvalue weighted by Gasteiger charge is 2.20. The lowest BCUT2D eigenvalue weighted by atomic mass is 9.98. The Kier molecular flexibility index (Phi) is 5.57. The first-order chi connectivity index (χ1) is 13.0. The first-order valence-electron chi connectivity index (χ1n) is 8.45. The zero-order chi connectivity index (χ0) is 19.4. The minimum absolute atomic E-state index is 0.0132.